The minimum Gasteiger partial charge on any atom is -0.305 e. The number of nitrogens with one attached hydrogen (secondary N) is 1. The molecule has 5 heteroatoms. The lowest BCUT2D eigenvalue weighted by molar-refractivity contribution is -0.127. The SMILES string of the molecule is CCC1CC(NCC(F)(F)F)CN(CC2CC2)C1. The van der Waals surface area contributed by atoms with Gasteiger partial charge in [0.15, 0.2) is 0 Å². The largest absolute Gasteiger partial charge is 0.401 e. The predicted octanol–water partition coefficient (Wildman–Crippen LogP) is 2.65. The van der Waals surface area contributed by atoms with Gasteiger partial charge in [0.25, 0.3) is 0 Å². The van der Waals surface area contributed by atoms with Gasteiger partial charge in [-0.1, -0.05) is 13.3 Å². The van der Waals surface area contributed by atoms with Gasteiger partial charge in [-0.2, -0.15) is 13.2 Å². The quantitative estimate of drug-likeness (QED) is 0.821. The van der Waals surface area contributed by atoms with E-state index < -0.39 is 12.7 Å². The number of likely N-dealkylation sites (tertiary alicyclic amines) is 1. The van der Waals surface area contributed by atoms with Crippen LogP contribution in [0.1, 0.15) is 32.6 Å². The molecule has 0 aromatic carbocycles. The van der Waals surface area contributed by atoms with Gasteiger partial charge in [-0.05, 0) is 31.1 Å². The highest BCUT2D eigenvalue weighted by Crippen LogP contribution is 2.31. The smallest absolute Gasteiger partial charge is 0.305 e. The van der Waals surface area contributed by atoms with Gasteiger partial charge in [0.2, 0.25) is 0 Å². The van der Waals surface area contributed by atoms with Gasteiger partial charge in [-0.15, -0.1) is 0 Å². The van der Waals surface area contributed by atoms with Crippen LogP contribution in [-0.4, -0.2) is 43.3 Å². The highest BCUT2D eigenvalue weighted by atomic mass is 19.4. The second-order valence-electron chi connectivity index (χ2n) is 5.86. The van der Waals surface area contributed by atoms with Crippen LogP contribution in [0.15, 0.2) is 0 Å². The number of hydrogen-bond acceptors (Lipinski definition) is 2. The molecule has 0 aromatic heterocycles. The number of piperidine rings is 1. The Morgan fingerprint density at radius 3 is 2.44 bits per heavy atom. The fraction of sp³-hybridized carbons (Fsp3) is 1.00. The van der Waals surface area contributed by atoms with Gasteiger partial charge in [0.05, 0.1) is 6.54 Å². The molecule has 1 aliphatic carbocycles. The van der Waals surface area contributed by atoms with E-state index in [4.69, 9.17) is 0 Å². The van der Waals surface area contributed by atoms with Crippen molar-refractivity contribution in [3.8, 4) is 0 Å². The fourth-order valence-corrected chi connectivity index (χ4v) is 2.82. The van der Waals surface area contributed by atoms with Crippen molar-refractivity contribution < 1.29 is 13.2 Å². The van der Waals surface area contributed by atoms with Crippen LogP contribution in [-0.2, 0) is 0 Å². The van der Waals surface area contributed by atoms with Crippen LogP contribution in [0.2, 0.25) is 0 Å². The van der Waals surface area contributed by atoms with Crippen molar-refractivity contribution in [1.82, 2.24) is 10.2 Å². The molecule has 0 spiro atoms. The Balaban J connectivity index is 1.80. The van der Waals surface area contributed by atoms with Gasteiger partial charge in [-0.25, -0.2) is 0 Å². The molecule has 1 saturated carbocycles. The Labute approximate surface area is 107 Å². The van der Waals surface area contributed by atoms with E-state index in [-0.39, 0.29) is 6.04 Å². The Morgan fingerprint density at radius 2 is 1.89 bits per heavy atom. The average molecular weight is 264 g/mol. The van der Waals surface area contributed by atoms with Gasteiger partial charge in [0.1, 0.15) is 0 Å². The minimum absolute atomic E-state index is 0.00377. The number of alkyl halides is 3. The number of hydrogen-bond donors (Lipinski definition) is 1. The molecular weight excluding hydrogens is 241 g/mol. The first-order chi connectivity index (χ1) is 8.46. The van der Waals surface area contributed by atoms with Crippen LogP contribution < -0.4 is 5.32 Å². The standard InChI is InChI=1S/C13H23F3N2/c1-2-10-5-12(17-9-13(14,15)16)8-18(6-10)7-11-3-4-11/h10-12,17H,2-9H2,1H3. The summed E-state index contributed by atoms with van der Waals surface area (Å²) < 4.78 is 36.7. The lowest BCUT2D eigenvalue weighted by atomic mass is 9.92. The highest BCUT2D eigenvalue weighted by molar-refractivity contribution is 4.87. The summed E-state index contributed by atoms with van der Waals surface area (Å²) in [6.45, 7) is 4.21. The second-order valence-corrected chi connectivity index (χ2v) is 5.86. The lowest BCUT2D eigenvalue weighted by Crippen LogP contribution is -2.51. The first-order valence-electron chi connectivity index (χ1n) is 6.98. The van der Waals surface area contributed by atoms with Crippen molar-refractivity contribution in [3.63, 3.8) is 0 Å². The summed E-state index contributed by atoms with van der Waals surface area (Å²) in [7, 11) is 0. The molecule has 1 N–H and O–H groups in total. The van der Waals surface area contributed by atoms with Crippen molar-refractivity contribution in [2.75, 3.05) is 26.2 Å². The van der Waals surface area contributed by atoms with Gasteiger partial charge < -0.3 is 10.2 Å². The third-order valence-corrected chi connectivity index (χ3v) is 3.99. The van der Waals surface area contributed by atoms with Gasteiger partial charge in [-0.3, -0.25) is 0 Å². The van der Waals surface area contributed by atoms with Crippen LogP contribution in [0.3, 0.4) is 0 Å². The van der Waals surface area contributed by atoms with E-state index in [1.54, 1.807) is 0 Å². The van der Waals surface area contributed by atoms with Crippen molar-refractivity contribution >= 4 is 0 Å². The van der Waals surface area contributed by atoms with Crippen molar-refractivity contribution in [1.29, 1.82) is 0 Å². The molecule has 0 amide bonds. The molecule has 2 nitrogen and oxygen atoms in total. The molecule has 18 heavy (non-hydrogen) atoms. The number of nitrogens with zero attached hydrogens (tertiary/aromatic N) is 1. The predicted molar refractivity (Wildman–Crippen MR) is 65.4 cm³/mol. The zero-order valence-corrected chi connectivity index (χ0v) is 11.0. The molecule has 0 aromatic rings. The molecule has 0 bridgehead atoms. The van der Waals surface area contributed by atoms with Crippen LogP contribution in [0, 0.1) is 11.8 Å². The molecule has 1 aliphatic heterocycles. The molecule has 2 unspecified atom stereocenters. The topological polar surface area (TPSA) is 15.3 Å². The van der Waals surface area contributed by atoms with Gasteiger partial charge >= 0.3 is 6.18 Å². The van der Waals surface area contributed by atoms with E-state index in [0.29, 0.717) is 5.92 Å². The van der Waals surface area contributed by atoms with E-state index in [2.05, 4.69) is 17.1 Å². The summed E-state index contributed by atoms with van der Waals surface area (Å²) in [5.74, 6) is 1.35. The minimum atomic E-state index is -4.10. The fourth-order valence-electron chi connectivity index (χ4n) is 2.82. The maximum Gasteiger partial charge on any atom is 0.401 e. The Kier molecular flexibility index (Phi) is 4.54. The Morgan fingerprint density at radius 1 is 1.17 bits per heavy atom. The molecule has 0 radical (unpaired) electrons. The monoisotopic (exact) mass is 264 g/mol. The van der Waals surface area contributed by atoms with E-state index in [1.165, 1.54) is 12.8 Å². The van der Waals surface area contributed by atoms with Crippen LogP contribution in [0.4, 0.5) is 13.2 Å². The first-order valence-corrected chi connectivity index (χ1v) is 6.98. The molecule has 2 atom stereocenters. The van der Waals surface area contributed by atoms with E-state index in [9.17, 15) is 13.2 Å². The van der Waals surface area contributed by atoms with Crippen molar-refractivity contribution in [2.45, 2.75) is 44.8 Å². The Bertz CT molecular complexity index is 263. The van der Waals surface area contributed by atoms with Crippen molar-refractivity contribution in [3.05, 3.63) is 0 Å². The van der Waals surface area contributed by atoms with E-state index in [0.717, 1.165) is 38.4 Å². The molecule has 2 aliphatic rings. The summed E-state index contributed by atoms with van der Waals surface area (Å²) >= 11 is 0. The zero-order chi connectivity index (χ0) is 13.2. The Hall–Kier alpha value is -0.290. The normalized spacial score (nSPS) is 30.7. The third-order valence-electron chi connectivity index (χ3n) is 3.99. The summed E-state index contributed by atoms with van der Waals surface area (Å²) in [6.07, 6.45) is 0.446. The molecule has 1 saturated heterocycles. The van der Waals surface area contributed by atoms with E-state index in [1.807, 2.05) is 0 Å². The van der Waals surface area contributed by atoms with Crippen LogP contribution in [0.25, 0.3) is 0 Å². The zero-order valence-electron chi connectivity index (χ0n) is 11.0. The van der Waals surface area contributed by atoms with Crippen LogP contribution >= 0.6 is 0 Å². The summed E-state index contributed by atoms with van der Waals surface area (Å²) in [4.78, 5) is 2.36. The summed E-state index contributed by atoms with van der Waals surface area (Å²) in [6, 6.07) is 0.00377. The number of halogens is 3. The molecule has 106 valence electrons. The van der Waals surface area contributed by atoms with E-state index >= 15 is 0 Å². The maximum absolute atomic E-state index is 12.2. The number of rotatable bonds is 5. The van der Waals surface area contributed by atoms with Gasteiger partial charge in [0, 0.05) is 25.7 Å². The highest BCUT2D eigenvalue weighted by Gasteiger charge is 2.33. The average Bonchev–Trinajstić information content (AvgIpc) is 3.09. The maximum atomic E-state index is 12.2. The molecule has 2 rings (SSSR count). The first kappa shape index (κ1) is 14.1. The lowest BCUT2D eigenvalue weighted by Gasteiger charge is -2.38. The molecular formula is C13H23F3N2. The van der Waals surface area contributed by atoms with Crippen LogP contribution in [0.5, 0.6) is 0 Å². The van der Waals surface area contributed by atoms with Crippen molar-refractivity contribution in [2.24, 2.45) is 11.8 Å². The summed E-state index contributed by atoms with van der Waals surface area (Å²) in [5.41, 5.74) is 0. The molecule has 1 heterocycles. The molecule has 2 fully saturated rings. The second kappa shape index (κ2) is 5.78. The summed E-state index contributed by atoms with van der Waals surface area (Å²) in [5, 5.41) is 2.68. The third kappa shape index (κ3) is 4.76.